The minimum Gasteiger partial charge on any atom is -0.506 e. The van der Waals surface area contributed by atoms with E-state index < -0.39 is 0 Å². The monoisotopic (exact) mass is 224 g/mol. The van der Waals surface area contributed by atoms with E-state index in [1.165, 1.54) is 38.5 Å². The Kier molecular flexibility index (Phi) is 9.72. The summed E-state index contributed by atoms with van der Waals surface area (Å²) in [6.07, 6.45) is 7.32. The maximum Gasteiger partial charge on any atom is 0.134 e. The third-order valence-corrected chi connectivity index (χ3v) is 2.07. The van der Waals surface area contributed by atoms with Crippen LogP contribution in [0.5, 0.6) is 5.75 Å². The van der Waals surface area contributed by atoms with Gasteiger partial charge < -0.3 is 10.4 Å². The summed E-state index contributed by atoms with van der Waals surface area (Å²) in [4.78, 5) is 3.73. The molecule has 2 heterocycles. The first kappa shape index (κ1) is 14.9. The zero-order chi connectivity index (χ0) is 12.2. The number of aryl methyl sites for hydroxylation is 1. The van der Waals surface area contributed by atoms with Crippen molar-refractivity contribution in [3.05, 3.63) is 24.0 Å². The van der Waals surface area contributed by atoms with Crippen LogP contribution >= 0.6 is 0 Å². The molecule has 1 saturated heterocycles. The van der Waals surface area contributed by atoms with E-state index in [1.54, 1.807) is 12.3 Å². The van der Waals surface area contributed by atoms with Gasteiger partial charge in [0.1, 0.15) is 5.75 Å². The quantitative estimate of drug-likeness (QED) is 0.712. The molecule has 0 aromatic carbocycles. The summed E-state index contributed by atoms with van der Waals surface area (Å²) in [7, 11) is 0. The van der Waals surface area contributed by atoms with E-state index in [0.717, 1.165) is 5.56 Å². The number of pyridine rings is 1. The van der Waals surface area contributed by atoms with Crippen molar-refractivity contribution in [1.29, 1.82) is 0 Å². The van der Waals surface area contributed by atoms with E-state index in [2.05, 4.69) is 10.3 Å². The maximum absolute atomic E-state index is 8.75. The zero-order valence-corrected chi connectivity index (χ0v) is 10.7. The molecule has 3 heteroatoms. The van der Waals surface area contributed by atoms with Gasteiger partial charge >= 0.3 is 0 Å². The summed E-state index contributed by atoms with van der Waals surface area (Å²) in [6.45, 7) is 8.38. The highest BCUT2D eigenvalue weighted by Crippen LogP contribution is 2.05. The van der Waals surface area contributed by atoms with Gasteiger partial charge in [-0.25, -0.2) is 0 Å². The lowest BCUT2D eigenvalue weighted by Crippen LogP contribution is -2.21. The first-order chi connectivity index (χ1) is 7.79. The molecule has 1 aliphatic heterocycles. The van der Waals surface area contributed by atoms with Crippen molar-refractivity contribution in [3.63, 3.8) is 0 Å². The molecule has 0 bridgehead atoms. The number of nitrogens with one attached hydrogen (secondary N) is 1. The SMILES string of the molecule is C1CCNCC1.CC.Cc1cncc(O)c1. The van der Waals surface area contributed by atoms with E-state index in [1.807, 2.05) is 20.8 Å². The molecule has 3 nitrogen and oxygen atoms in total. The van der Waals surface area contributed by atoms with E-state index in [0.29, 0.717) is 0 Å². The second kappa shape index (κ2) is 10.4. The van der Waals surface area contributed by atoms with Crippen LogP contribution in [-0.4, -0.2) is 23.2 Å². The molecule has 1 fully saturated rings. The lowest BCUT2D eigenvalue weighted by molar-refractivity contribution is 0.472. The second-order valence-corrected chi connectivity index (χ2v) is 3.53. The highest BCUT2D eigenvalue weighted by atomic mass is 16.3. The fourth-order valence-corrected chi connectivity index (χ4v) is 1.34. The van der Waals surface area contributed by atoms with Crippen LogP contribution in [-0.2, 0) is 0 Å². The van der Waals surface area contributed by atoms with Gasteiger partial charge in [-0.15, -0.1) is 0 Å². The van der Waals surface area contributed by atoms with Crippen molar-refractivity contribution in [2.24, 2.45) is 0 Å². The van der Waals surface area contributed by atoms with E-state index in [-0.39, 0.29) is 5.75 Å². The van der Waals surface area contributed by atoms with E-state index in [4.69, 9.17) is 5.11 Å². The number of hydrogen-bond acceptors (Lipinski definition) is 3. The summed E-state index contributed by atoms with van der Waals surface area (Å²) >= 11 is 0. The van der Waals surface area contributed by atoms with Crippen molar-refractivity contribution in [3.8, 4) is 5.75 Å². The molecular weight excluding hydrogens is 200 g/mol. The van der Waals surface area contributed by atoms with Gasteiger partial charge in [0.15, 0.2) is 0 Å². The molecule has 16 heavy (non-hydrogen) atoms. The molecule has 0 aliphatic carbocycles. The molecule has 0 saturated carbocycles. The van der Waals surface area contributed by atoms with Gasteiger partial charge in [0.25, 0.3) is 0 Å². The van der Waals surface area contributed by atoms with Crippen molar-refractivity contribution in [2.45, 2.75) is 40.0 Å². The molecule has 2 rings (SSSR count). The van der Waals surface area contributed by atoms with Crippen LogP contribution < -0.4 is 5.32 Å². The second-order valence-electron chi connectivity index (χ2n) is 3.53. The summed E-state index contributed by atoms with van der Waals surface area (Å²) in [5.74, 6) is 0.227. The standard InChI is InChI=1S/C6H7NO.C5H11N.C2H6/c1-5-2-6(8)4-7-3-5;1-2-4-6-5-3-1;1-2/h2-4,8H,1H3;6H,1-5H2;1-2H3. The van der Waals surface area contributed by atoms with Crippen molar-refractivity contribution >= 4 is 0 Å². The summed E-state index contributed by atoms with van der Waals surface area (Å²) in [5.41, 5.74) is 0.977. The first-order valence-corrected chi connectivity index (χ1v) is 6.10. The number of piperidine rings is 1. The number of hydrogen-bond donors (Lipinski definition) is 2. The Hall–Kier alpha value is -1.09. The van der Waals surface area contributed by atoms with Gasteiger partial charge in [0.05, 0.1) is 6.20 Å². The molecule has 0 unspecified atom stereocenters. The molecule has 92 valence electrons. The third-order valence-electron chi connectivity index (χ3n) is 2.07. The van der Waals surface area contributed by atoms with Crippen molar-refractivity contribution < 1.29 is 5.11 Å². The molecule has 1 aliphatic rings. The fraction of sp³-hybridized carbons (Fsp3) is 0.615. The Morgan fingerprint density at radius 1 is 1.12 bits per heavy atom. The zero-order valence-electron chi connectivity index (χ0n) is 10.7. The molecule has 0 atom stereocenters. The lowest BCUT2D eigenvalue weighted by atomic mass is 10.2. The molecule has 0 radical (unpaired) electrons. The minimum atomic E-state index is 0.227. The Morgan fingerprint density at radius 3 is 2.00 bits per heavy atom. The number of aromatic hydroxyl groups is 1. The number of aromatic nitrogens is 1. The van der Waals surface area contributed by atoms with Crippen LogP contribution in [0.2, 0.25) is 0 Å². The smallest absolute Gasteiger partial charge is 0.134 e. The van der Waals surface area contributed by atoms with Gasteiger partial charge in [-0.3, -0.25) is 4.98 Å². The first-order valence-electron chi connectivity index (χ1n) is 6.10. The Labute approximate surface area is 98.9 Å². The molecule has 0 amide bonds. The van der Waals surface area contributed by atoms with Gasteiger partial charge in [-0.1, -0.05) is 20.3 Å². The largest absolute Gasteiger partial charge is 0.506 e. The minimum absolute atomic E-state index is 0.227. The molecular formula is C13H24N2O. The molecule has 2 N–H and O–H groups in total. The van der Waals surface area contributed by atoms with Crippen LogP contribution in [0.25, 0.3) is 0 Å². The summed E-state index contributed by atoms with van der Waals surface area (Å²) in [6, 6.07) is 1.66. The van der Waals surface area contributed by atoms with Crippen LogP contribution in [0.4, 0.5) is 0 Å². The van der Waals surface area contributed by atoms with E-state index >= 15 is 0 Å². The Bertz CT molecular complexity index is 231. The highest BCUT2D eigenvalue weighted by molar-refractivity contribution is 5.20. The van der Waals surface area contributed by atoms with Crippen LogP contribution in [0, 0.1) is 6.92 Å². The highest BCUT2D eigenvalue weighted by Gasteiger charge is 1.93. The Balaban J connectivity index is 0.000000251. The number of rotatable bonds is 0. The van der Waals surface area contributed by atoms with Crippen molar-refractivity contribution in [2.75, 3.05) is 13.1 Å². The lowest BCUT2D eigenvalue weighted by Gasteiger charge is -2.08. The van der Waals surface area contributed by atoms with Crippen LogP contribution in [0.1, 0.15) is 38.7 Å². The topological polar surface area (TPSA) is 45.2 Å². The maximum atomic E-state index is 8.75. The van der Waals surface area contributed by atoms with Crippen LogP contribution in [0.3, 0.4) is 0 Å². The van der Waals surface area contributed by atoms with Gasteiger partial charge in [0, 0.05) is 6.20 Å². The van der Waals surface area contributed by atoms with Gasteiger partial charge in [-0.2, -0.15) is 0 Å². The van der Waals surface area contributed by atoms with Gasteiger partial charge in [-0.05, 0) is 44.5 Å². The Morgan fingerprint density at radius 2 is 1.75 bits per heavy atom. The number of nitrogens with zero attached hydrogens (tertiary/aromatic N) is 1. The summed E-state index contributed by atoms with van der Waals surface area (Å²) in [5, 5.41) is 12.0. The van der Waals surface area contributed by atoms with Gasteiger partial charge in [0.2, 0.25) is 0 Å². The molecule has 1 aromatic rings. The third kappa shape index (κ3) is 8.24. The summed E-state index contributed by atoms with van der Waals surface area (Å²) < 4.78 is 0. The van der Waals surface area contributed by atoms with Crippen LogP contribution in [0.15, 0.2) is 18.5 Å². The normalized spacial score (nSPS) is 13.9. The predicted octanol–water partition coefficient (Wildman–Crippen LogP) is 2.88. The van der Waals surface area contributed by atoms with Crippen molar-refractivity contribution in [1.82, 2.24) is 10.3 Å². The fourth-order valence-electron chi connectivity index (χ4n) is 1.34. The average molecular weight is 224 g/mol. The average Bonchev–Trinajstić information content (AvgIpc) is 2.34. The molecule has 1 aromatic heterocycles. The molecule has 0 spiro atoms. The van der Waals surface area contributed by atoms with E-state index in [9.17, 15) is 0 Å². The predicted molar refractivity (Wildman–Crippen MR) is 68.7 cm³/mol.